The molecule has 88 valence electrons. The van der Waals surface area contributed by atoms with Crippen molar-refractivity contribution in [1.82, 2.24) is 4.90 Å². The van der Waals surface area contributed by atoms with E-state index in [9.17, 15) is 4.79 Å². The highest BCUT2D eigenvalue weighted by Crippen LogP contribution is 2.39. The van der Waals surface area contributed by atoms with Crippen molar-refractivity contribution in [2.75, 3.05) is 12.3 Å². The van der Waals surface area contributed by atoms with Crippen LogP contribution in [0.4, 0.5) is 0 Å². The van der Waals surface area contributed by atoms with E-state index >= 15 is 0 Å². The molecule has 1 aromatic rings. The smallest absolute Gasteiger partial charge is 0.224 e. The molecule has 1 amide bonds. The molecular formula is C12H17NOS2. The second-order valence-electron chi connectivity index (χ2n) is 4.43. The van der Waals surface area contributed by atoms with Crippen LogP contribution in [-0.2, 0) is 4.79 Å². The van der Waals surface area contributed by atoms with Crippen LogP contribution in [-0.4, -0.2) is 23.1 Å². The number of thiophene rings is 1. The Labute approximate surface area is 105 Å². The van der Waals surface area contributed by atoms with Crippen molar-refractivity contribution >= 4 is 29.0 Å². The summed E-state index contributed by atoms with van der Waals surface area (Å²) in [5.74, 6) is 1.80. The van der Waals surface area contributed by atoms with Crippen molar-refractivity contribution in [3.05, 3.63) is 22.4 Å². The number of thioether (sulfide) groups is 1. The molecule has 0 N–H and O–H groups in total. The molecule has 2 heterocycles. The largest absolute Gasteiger partial charge is 0.325 e. The normalized spacial score (nSPS) is 21.8. The number of nitrogens with zero attached hydrogens (tertiary/aromatic N) is 1. The Kier molecular flexibility index (Phi) is 3.92. The van der Waals surface area contributed by atoms with Crippen LogP contribution < -0.4 is 0 Å². The van der Waals surface area contributed by atoms with Crippen molar-refractivity contribution in [3.8, 4) is 0 Å². The average molecular weight is 255 g/mol. The van der Waals surface area contributed by atoms with Gasteiger partial charge in [0.1, 0.15) is 5.37 Å². The fraction of sp³-hybridized carbons (Fsp3) is 0.583. The Hall–Kier alpha value is -0.480. The SMILES string of the molecule is CC(C)CN1C(=O)CCSC1c1cccs1. The maximum atomic E-state index is 12.0. The van der Waals surface area contributed by atoms with Crippen molar-refractivity contribution in [2.24, 2.45) is 5.92 Å². The van der Waals surface area contributed by atoms with E-state index in [0.29, 0.717) is 18.2 Å². The number of hydrogen-bond acceptors (Lipinski definition) is 3. The maximum absolute atomic E-state index is 12.0. The van der Waals surface area contributed by atoms with Crippen LogP contribution in [0.2, 0.25) is 0 Å². The summed E-state index contributed by atoms with van der Waals surface area (Å²) in [7, 11) is 0. The molecule has 2 nitrogen and oxygen atoms in total. The van der Waals surface area contributed by atoms with Gasteiger partial charge in [-0.25, -0.2) is 0 Å². The van der Waals surface area contributed by atoms with E-state index < -0.39 is 0 Å². The van der Waals surface area contributed by atoms with Crippen LogP contribution in [0.1, 0.15) is 30.5 Å². The molecule has 0 bridgehead atoms. The topological polar surface area (TPSA) is 20.3 Å². The van der Waals surface area contributed by atoms with Gasteiger partial charge in [-0.15, -0.1) is 23.1 Å². The summed E-state index contributed by atoms with van der Waals surface area (Å²) in [4.78, 5) is 15.3. The van der Waals surface area contributed by atoms with Crippen LogP contribution in [0.15, 0.2) is 17.5 Å². The Morgan fingerprint density at radius 3 is 3.00 bits per heavy atom. The minimum Gasteiger partial charge on any atom is -0.325 e. The summed E-state index contributed by atoms with van der Waals surface area (Å²) in [6.45, 7) is 5.20. The predicted molar refractivity (Wildman–Crippen MR) is 70.7 cm³/mol. The fourth-order valence-corrected chi connectivity index (χ4v) is 4.11. The summed E-state index contributed by atoms with van der Waals surface area (Å²) in [6.07, 6.45) is 0.694. The Bertz CT molecular complexity index is 348. The van der Waals surface area contributed by atoms with Crippen LogP contribution in [0.25, 0.3) is 0 Å². The zero-order chi connectivity index (χ0) is 11.5. The zero-order valence-electron chi connectivity index (χ0n) is 9.68. The molecule has 16 heavy (non-hydrogen) atoms. The summed E-state index contributed by atoms with van der Waals surface area (Å²) >= 11 is 3.64. The molecule has 1 aromatic heterocycles. The van der Waals surface area contributed by atoms with Crippen LogP contribution >= 0.6 is 23.1 Å². The van der Waals surface area contributed by atoms with Crippen LogP contribution in [0, 0.1) is 5.92 Å². The number of rotatable bonds is 3. The zero-order valence-corrected chi connectivity index (χ0v) is 11.3. The third kappa shape index (κ3) is 2.61. The van der Waals surface area contributed by atoms with Crippen LogP contribution in [0.3, 0.4) is 0 Å². The van der Waals surface area contributed by atoms with E-state index in [1.54, 1.807) is 11.3 Å². The highest BCUT2D eigenvalue weighted by Gasteiger charge is 2.30. The molecule has 0 radical (unpaired) electrons. The number of amides is 1. The van der Waals surface area contributed by atoms with Gasteiger partial charge in [-0.05, 0) is 17.4 Å². The highest BCUT2D eigenvalue weighted by molar-refractivity contribution is 7.99. The second-order valence-corrected chi connectivity index (χ2v) is 6.60. The molecule has 0 spiro atoms. The molecule has 2 rings (SSSR count). The van der Waals surface area contributed by atoms with E-state index in [-0.39, 0.29) is 5.37 Å². The van der Waals surface area contributed by atoms with E-state index in [0.717, 1.165) is 12.3 Å². The summed E-state index contributed by atoms with van der Waals surface area (Å²) in [6, 6.07) is 4.20. The molecule has 1 aliphatic rings. The first-order valence-corrected chi connectivity index (χ1v) is 7.56. The molecule has 0 saturated carbocycles. The maximum Gasteiger partial charge on any atom is 0.224 e. The van der Waals surface area contributed by atoms with Gasteiger partial charge in [-0.2, -0.15) is 0 Å². The highest BCUT2D eigenvalue weighted by atomic mass is 32.2. The summed E-state index contributed by atoms with van der Waals surface area (Å²) in [5.41, 5.74) is 0. The lowest BCUT2D eigenvalue weighted by molar-refractivity contribution is -0.132. The van der Waals surface area contributed by atoms with Gasteiger partial charge in [0.2, 0.25) is 5.91 Å². The molecule has 1 atom stereocenters. The number of hydrogen-bond donors (Lipinski definition) is 0. The van der Waals surface area contributed by atoms with Gasteiger partial charge in [0.25, 0.3) is 0 Å². The molecule has 4 heteroatoms. The van der Waals surface area contributed by atoms with Crippen LogP contribution in [0.5, 0.6) is 0 Å². The molecule has 1 saturated heterocycles. The van der Waals surface area contributed by atoms with Crippen molar-refractivity contribution < 1.29 is 4.79 Å². The lowest BCUT2D eigenvalue weighted by Gasteiger charge is -2.35. The summed E-state index contributed by atoms with van der Waals surface area (Å²) in [5, 5.41) is 2.34. The minimum atomic E-state index is 0.253. The monoisotopic (exact) mass is 255 g/mol. The summed E-state index contributed by atoms with van der Waals surface area (Å²) < 4.78 is 0. The third-order valence-corrected chi connectivity index (χ3v) is 4.88. The van der Waals surface area contributed by atoms with Gasteiger partial charge in [-0.3, -0.25) is 4.79 Å². The lowest BCUT2D eigenvalue weighted by Crippen LogP contribution is -2.39. The molecular weight excluding hydrogens is 238 g/mol. The average Bonchev–Trinajstić information content (AvgIpc) is 2.73. The Morgan fingerprint density at radius 1 is 1.56 bits per heavy atom. The van der Waals surface area contributed by atoms with E-state index in [2.05, 4.69) is 31.4 Å². The predicted octanol–water partition coefficient (Wildman–Crippen LogP) is 3.37. The van der Waals surface area contributed by atoms with Gasteiger partial charge < -0.3 is 4.90 Å². The quantitative estimate of drug-likeness (QED) is 0.825. The number of carbonyl (C=O) groups is 1. The van der Waals surface area contributed by atoms with Crippen molar-refractivity contribution in [3.63, 3.8) is 0 Å². The molecule has 0 aliphatic carbocycles. The van der Waals surface area contributed by atoms with Crippen molar-refractivity contribution in [1.29, 1.82) is 0 Å². The Morgan fingerprint density at radius 2 is 2.38 bits per heavy atom. The fourth-order valence-electron chi connectivity index (χ4n) is 1.88. The molecule has 0 aromatic carbocycles. The first-order valence-electron chi connectivity index (χ1n) is 5.63. The number of carbonyl (C=O) groups excluding carboxylic acids is 1. The molecule has 1 unspecified atom stereocenters. The Balaban J connectivity index is 2.17. The minimum absolute atomic E-state index is 0.253. The first kappa shape index (κ1) is 12.0. The standard InChI is InChI=1S/C12H17NOS2/c1-9(2)8-13-11(14)5-7-16-12(13)10-4-3-6-15-10/h3-4,6,9,12H,5,7-8H2,1-2H3. The molecule has 1 fully saturated rings. The van der Waals surface area contributed by atoms with E-state index in [1.165, 1.54) is 4.88 Å². The van der Waals surface area contributed by atoms with E-state index in [4.69, 9.17) is 0 Å². The van der Waals surface area contributed by atoms with Gasteiger partial charge in [0.05, 0.1) is 0 Å². The van der Waals surface area contributed by atoms with Crippen molar-refractivity contribution in [2.45, 2.75) is 25.6 Å². The van der Waals surface area contributed by atoms with Gasteiger partial charge in [-0.1, -0.05) is 19.9 Å². The molecule has 1 aliphatic heterocycles. The third-order valence-electron chi connectivity index (χ3n) is 2.54. The second kappa shape index (κ2) is 5.23. The first-order chi connectivity index (χ1) is 7.68. The van der Waals surface area contributed by atoms with E-state index in [1.807, 2.05) is 16.7 Å². The lowest BCUT2D eigenvalue weighted by atomic mass is 10.2. The van der Waals surface area contributed by atoms with Gasteiger partial charge >= 0.3 is 0 Å². The van der Waals surface area contributed by atoms with Gasteiger partial charge in [0, 0.05) is 23.6 Å². The van der Waals surface area contributed by atoms with Gasteiger partial charge in [0.15, 0.2) is 0 Å².